The van der Waals surface area contributed by atoms with E-state index in [9.17, 15) is 0 Å². The van der Waals surface area contributed by atoms with Crippen LogP contribution in [0.2, 0.25) is 0 Å². The summed E-state index contributed by atoms with van der Waals surface area (Å²) in [6.07, 6.45) is 3.69. The van der Waals surface area contributed by atoms with Gasteiger partial charge >= 0.3 is 0 Å². The van der Waals surface area contributed by atoms with Crippen LogP contribution in [0.25, 0.3) is 0 Å². The molecule has 1 unspecified atom stereocenters. The molecule has 1 aliphatic carbocycles. The molecule has 1 N–H and O–H groups in total. The molecule has 0 heterocycles. The average molecular weight is 262 g/mol. The van der Waals surface area contributed by atoms with Crippen LogP contribution >= 0.6 is 0 Å². The predicted octanol–water partition coefficient (Wildman–Crippen LogP) is 2.61. The number of nitrogens with one attached hydrogen (secondary N) is 1. The minimum Gasteiger partial charge on any atom is -0.497 e. The molecule has 0 saturated heterocycles. The van der Waals surface area contributed by atoms with Gasteiger partial charge in [-0.1, -0.05) is 13.0 Å². The fourth-order valence-electron chi connectivity index (χ4n) is 2.72. The molecule has 1 aliphatic rings. The highest BCUT2D eigenvalue weighted by Crippen LogP contribution is 2.31. The second-order valence-electron chi connectivity index (χ2n) is 5.36. The van der Waals surface area contributed by atoms with Crippen LogP contribution in [0, 0.1) is 0 Å². The van der Waals surface area contributed by atoms with Gasteiger partial charge in [-0.25, -0.2) is 0 Å². The quantitative estimate of drug-likeness (QED) is 0.853. The monoisotopic (exact) mass is 262 g/mol. The summed E-state index contributed by atoms with van der Waals surface area (Å²) in [5, 5.41) is 3.70. The summed E-state index contributed by atoms with van der Waals surface area (Å²) in [4.78, 5) is 2.34. The fourth-order valence-corrected chi connectivity index (χ4v) is 2.72. The Morgan fingerprint density at radius 2 is 2.26 bits per heavy atom. The van der Waals surface area contributed by atoms with Crippen LogP contribution in [-0.4, -0.2) is 38.7 Å². The van der Waals surface area contributed by atoms with Crippen molar-refractivity contribution in [1.29, 1.82) is 0 Å². The van der Waals surface area contributed by atoms with E-state index >= 15 is 0 Å². The number of methoxy groups -OCH3 is 1. The summed E-state index contributed by atoms with van der Waals surface area (Å²) in [6.45, 7) is 5.47. The van der Waals surface area contributed by atoms with E-state index in [2.05, 4.69) is 42.4 Å². The van der Waals surface area contributed by atoms with Crippen LogP contribution in [0.1, 0.15) is 36.9 Å². The van der Waals surface area contributed by atoms with Gasteiger partial charge in [-0.15, -0.1) is 0 Å². The van der Waals surface area contributed by atoms with E-state index in [0.717, 1.165) is 25.4 Å². The van der Waals surface area contributed by atoms with Crippen molar-refractivity contribution >= 4 is 0 Å². The Labute approximate surface area is 116 Å². The normalized spacial score (nSPS) is 18.4. The molecule has 2 rings (SSSR count). The molecule has 0 bridgehead atoms. The van der Waals surface area contributed by atoms with Gasteiger partial charge in [-0.3, -0.25) is 0 Å². The van der Waals surface area contributed by atoms with E-state index in [4.69, 9.17) is 4.74 Å². The molecular weight excluding hydrogens is 236 g/mol. The highest BCUT2D eigenvalue weighted by atomic mass is 16.5. The van der Waals surface area contributed by atoms with Gasteiger partial charge in [0.05, 0.1) is 7.11 Å². The Hall–Kier alpha value is -1.06. The van der Waals surface area contributed by atoms with Crippen molar-refractivity contribution in [3.63, 3.8) is 0 Å². The lowest BCUT2D eigenvalue weighted by Gasteiger charge is -2.27. The highest BCUT2D eigenvalue weighted by Gasteiger charge is 2.19. The Morgan fingerprint density at radius 3 is 3.00 bits per heavy atom. The van der Waals surface area contributed by atoms with E-state index in [1.807, 2.05) is 0 Å². The largest absolute Gasteiger partial charge is 0.497 e. The van der Waals surface area contributed by atoms with Crippen LogP contribution in [0.3, 0.4) is 0 Å². The molecule has 0 fully saturated rings. The maximum atomic E-state index is 5.32. The summed E-state index contributed by atoms with van der Waals surface area (Å²) in [7, 11) is 3.90. The lowest BCUT2D eigenvalue weighted by Crippen LogP contribution is -2.33. The van der Waals surface area contributed by atoms with Gasteiger partial charge in [0, 0.05) is 19.1 Å². The predicted molar refractivity (Wildman–Crippen MR) is 79.8 cm³/mol. The maximum Gasteiger partial charge on any atom is 0.119 e. The van der Waals surface area contributed by atoms with Crippen molar-refractivity contribution in [2.24, 2.45) is 0 Å². The minimum atomic E-state index is 0.514. The SMILES string of the molecule is CCN(C)CCNC1CCCc2cc(OC)ccc21. The zero-order chi connectivity index (χ0) is 13.7. The number of hydrogen-bond acceptors (Lipinski definition) is 3. The lowest BCUT2D eigenvalue weighted by molar-refractivity contribution is 0.333. The molecule has 1 aromatic carbocycles. The Bertz CT molecular complexity index is 406. The van der Waals surface area contributed by atoms with Gasteiger partial charge in [0.2, 0.25) is 0 Å². The molecule has 0 amide bonds. The molecule has 1 aromatic rings. The van der Waals surface area contributed by atoms with Crippen LogP contribution in [0.4, 0.5) is 0 Å². The average Bonchev–Trinajstić information content (AvgIpc) is 2.46. The third kappa shape index (κ3) is 3.71. The van der Waals surface area contributed by atoms with Gasteiger partial charge in [0.15, 0.2) is 0 Å². The first-order valence-electron chi connectivity index (χ1n) is 7.33. The second-order valence-corrected chi connectivity index (χ2v) is 5.36. The van der Waals surface area contributed by atoms with Crippen LogP contribution in [-0.2, 0) is 6.42 Å². The smallest absolute Gasteiger partial charge is 0.119 e. The minimum absolute atomic E-state index is 0.514. The topological polar surface area (TPSA) is 24.5 Å². The molecule has 0 aliphatic heterocycles. The second kappa shape index (κ2) is 6.92. The number of ether oxygens (including phenoxy) is 1. The number of rotatable bonds is 6. The molecule has 0 radical (unpaired) electrons. The number of fused-ring (bicyclic) bond motifs is 1. The summed E-state index contributed by atoms with van der Waals surface area (Å²) >= 11 is 0. The van der Waals surface area contributed by atoms with Crippen molar-refractivity contribution in [1.82, 2.24) is 10.2 Å². The van der Waals surface area contributed by atoms with E-state index in [1.165, 1.54) is 30.4 Å². The van der Waals surface area contributed by atoms with Crippen molar-refractivity contribution in [3.8, 4) is 5.75 Å². The summed E-state index contributed by atoms with van der Waals surface area (Å²) in [6, 6.07) is 7.02. The summed E-state index contributed by atoms with van der Waals surface area (Å²) < 4.78 is 5.32. The molecule has 3 heteroatoms. The Kier molecular flexibility index (Phi) is 5.23. The highest BCUT2D eigenvalue weighted by molar-refractivity contribution is 5.39. The van der Waals surface area contributed by atoms with Crippen LogP contribution in [0.15, 0.2) is 18.2 Å². The molecular formula is C16H26N2O. The molecule has 19 heavy (non-hydrogen) atoms. The van der Waals surface area contributed by atoms with Crippen molar-refractivity contribution in [2.45, 2.75) is 32.2 Å². The molecule has 0 aromatic heterocycles. The third-order valence-corrected chi connectivity index (χ3v) is 4.09. The third-order valence-electron chi connectivity index (χ3n) is 4.09. The van der Waals surface area contributed by atoms with Crippen molar-refractivity contribution in [2.75, 3.05) is 33.8 Å². The van der Waals surface area contributed by atoms with Gasteiger partial charge in [0.25, 0.3) is 0 Å². The molecule has 0 saturated carbocycles. The molecule has 0 spiro atoms. The number of nitrogens with zero attached hydrogens (tertiary/aromatic N) is 1. The van der Waals surface area contributed by atoms with Gasteiger partial charge < -0.3 is 15.0 Å². The van der Waals surface area contributed by atoms with E-state index in [0.29, 0.717) is 6.04 Å². The molecule has 1 atom stereocenters. The number of aryl methyl sites for hydroxylation is 1. The van der Waals surface area contributed by atoms with E-state index < -0.39 is 0 Å². The first-order valence-corrected chi connectivity index (χ1v) is 7.33. The lowest BCUT2D eigenvalue weighted by atomic mass is 9.87. The van der Waals surface area contributed by atoms with Crippen molar-refractivity contribution in [3.05, 3.63) is 29.3 Å². The molecule has 3 nitrogen and oxygen atoms in total. The van der Waals surface area contributed by atoms with E-state index in [-0.39, 0.29) is 0 Å². The Morgan fingerprint density at radius 1 is 1.42 bits per heavy atom. The van der Waals surface area contributed by atoms with Gasteiger partial charge in [-0.05, 0) is 56.1 Å². The zero-order valence-corrected chi connectivity index (χ0v) is 12.4. The Balaban J connectivity index is 1.97. The first-order chi connectivity index (χ1) is 9.24. The number of hydrogen-bond donors (Lipinski definition) is 1. The van der Waals surface area contributed by atoms with Crippen LogP contribution < -0.4 is 10.1 Å². The fraction of sp³-hybridized carbons (Fsp3) is 0.625. The number of likely N-dealkylation sites (N-methyl/N-ethyl adjacent to an activating group) is 1. The summed E-state index contributed by atoms with van der Waals surface area (Å²) in [5.41, 5.74) is 2.91. The summed E-state index contributed by atoms with van der Waals surface area (Å²) in [5.74, 6) is 0.977. The standard InChI is InChI=1S/C16H26N2O/c1-4-18(2)11-10-17-16-7-5-6-13-12-14(19-3)8-9-15(13)16/h8-9,12,16-17H,4-7,10-11H2,1-3H3. The van der Waals surface area contributed by atoms with Gasteiger partial charge in [0.1, 0.15) is 5.75 Å². The van der Waals surface area contributed by atoms with Crippen molar-refractivity contribution < 1.29 is 4.74 Å². The van der Waals surface area contributed by atoms with Crippen LogP contribution in [0.5, 0.6) is 5.75 Å². The van der Waals surface area contributed by atoms with E-state index in [1.54, 1.807) is 7.11 Å². The van der Waals surface area contributed by atoms with Gasteiger partial charge in [-0.2, -0.15) is 0 Å². The first kappa shape index (κ1) is 14.4. The maximum absolute atomic E-state index is 5.32. The zero-order valence-electron chi connectivity index (χ0n) is 12.4. The number of benzene rings is 1. The molecule has 106 valence electrons.